The number of amides is 1. The molecule has 0 fully saturated rings. The van der Waals surface area contributed by atoms with Crippen LogP contribution < -0.4 is 0 Å². The highest BCUT2D eigenvalue weighted by Gasteiger charge is 2.24. The molecule has 31 heavy (non-hydrogen) atoms. The minimum atomic E-state index is -3.42. The molecule has 0 radical (unpaired) electrons. The average molecular weight is 438 g/mol. The lowest BCUT2D eigenvalue weighted by atomic mass is 10.1. The van der Waals surface area contributed by atoms with Crippen molar-refractivity contribution in [2.75, 3.05) is 5.75 Å². The number of rotatable bonds is 9. The Balaban J connectivity index is 1.69. The van der Waals surface area contributed by atoms with E-state index < -0.39 is 15.9 Å². The highest BCUT2D eigenvalue weighted by atomic mass is 32.2. The Morgan fingerprint density at radius 3 is 1.94 bits per heavy atom. The Hall–Kier alpha value is -3.12. The molecule has 6 heteroatoms. The lowest BCUT2D eigenvalue weighted by Crippen LogP contribution is -2.39. The Morgan fingerprint density at radius 2 is 1.35 bits per heavy atom. The molecule has 5 nitrogen and oxygen atoms in total. The Kier molecular flexibility index (Phi) is 7.84. The van der Waals surface area contributed by atoms with Crippen LogP contribution in [-0.4, -0.2) is 31.2 Å². The fourth-order valence-corrected chi connectivity index (χ4v) is 4.67. The van der Waals surface area contributed by atoms with Gasteiger partial charge in [-0.2, -0.15) is 0 Å². The third-order valence-electron chi connectivity index (χ3n) is 5.07. The van der Waals surface area contributed by atoms with Crippen molar-refractivity contribution in [2.24, 2.45) is 0 Å². The average Bonchev–Trinajstić information content (AvgIpc) is 2.81. The first-order valence-electron chi connectivity index (χ1n) is 10.2. The van der Waals surface area contributed by atoms with Gasteiger partial charge in [0.1, 0.15) is 6.61 Å². The quantitative estimate of drug-likeness (QED) is 0.468. The zero-order valence-electron chi connectivity index (χ0n) is 17.6. The van der Waals surface area contributed by atoms with E-state index in [9.17, 15) is 13.2 Å². The molecule has 0 heterocycles. The van der Waals surface area contributed by atoms with Crippen LogP contribution in [-0.2, 0) is 27.7 Å². The molecule has 1 amide bonds. The van der Waals surface area contributed by atoms with E-state index in [4.69, 9.17) is 4.74 Å². The first kappa shape index (κ1) is 22.6. The summed E-state index contributed by atoms with van der Waals surface area (Å²) in [6.45, 7) is 2.37. The van der Waals surface area contributed by atoms with Crippen molar-refractivity contribution in [3.63, 3.8) is 0 Å². The SMILES string of the molecule is CC(CCS(=O)(=O)c1ccccc1)N(Cc1ccccc1)C(=O)OCc1ccccc1. The van der Waals surface area contributed by atoms with Crippen LogP contribution in [0.5, 0.6) is 0 Å². The maximum absolute atomic E-state index is 12.9. The molecular formula is C25H27NO4S. The Labute approximate surface area is 184 Å². The van der Waals surface area contributed by atoms with Gasteiger partial charge in [-0.05, 0) is 36.6 Å². The smallest absolute Gasteiger partial charge is 0.410 e. The summed E-state index contributed by atoms with van der Waals surface area (Å²) < 4.78 is 30.9. The minimum absolute atomic E-state index is 0.0462. The molecule has 1 unspecified atom stereocenters. The molecule has 0 bridgehead atoms. The van der Waals surface area contributed by atoms with Crippen molar-refractivity contribution >= 4 is 15.9 Å². The summed E-state index contributed by atoms with van der Waals surface area (Å²) in [6, 6.07) is 27.1. The molecule has 162 valence electrons. The summed E-state index contributed by atoms with van der Waals surface area (Å²) in [5.41, 5.74) is 1.85. The van der Waals surface area contributed by atoms with Crippen molar-refractivity contribution in [1.82, 2.24) is 4.90 Å². The third-order valence-corrected chi connectivity index (χ3v) is 6.84. The fourth-order valence-electron chi connectivity index (χ4n) is 3.21. The summed E-state index contributed by atoms with van der Waals surface area (Å²) in [4.78, 5) is 14.8. The number of hydrogen-bond donors (Lipinski definition) is 0. The summed E-state index contributed by atoms with van der Waals surface area (Å²) >= 11 is 0. The van der Waals surface area contributed by atoms with Crippen molar-refractivity contribution in [2.45, 2.75) is 37.4 Å². The van der Waals surface area contributed by atoms with Gasteiger partial charge in [0.2, 0.25) is 0 Å². The second-order valence-corrected chi connectivity index (χ2v) is 9.53. The fraction of sp³-hybridized carbons (Fsp3) is 0.240. The maximum atomic E-state index is 12.9. The predicted molar refractivity (Wildman–Crippen MR) is 121 cm³/mol. The van der Waals surface area contributed by atoms with E-state index in [-0.39, 0.29) is 18.4 Å². The van der Waals surface area contributed by atoms with Gasteiger partial charge < -0.3 is 9.64 Å². The standard InChI is InChI=1S/C25H27NO4S/c1-21(17-18-31(28,29)24-15-9-4-10-16-24)26(19-22-11-5-2-6-12-22)25(27)30-20-23-13-7-3-8-14-23/h2-16,21H,17-20H2,1H3. The molecule has 3 rings (SSSR count). The number of hydrogen-bond acceptors (Lipinski definition) is 4. The van der Waals surface area contributed by atoms with Crippen molar-refractivity contribution in [3.05, 3.63) is 102 Å². The van der Waals surface area contributed by atoms with Gasteiger partial charge in [0, 0.05) is 12.6 Å². The van der Waals surface area contributed by atoms with E-state index in [2.05, 4.69) is 0 Å². The van der Waals surface area contributed by atoms with Crippen LogP contribution in [0.4, 0.5) is 4.79 Å². The van der Waals surface area contributed by atoms with E-state index >= 15 is 0 Å². The van der Waals surface area contributed by atoms with E-state index in [0.29, 0.717) is 17.9 Å². The van der Waals surface area contributed by atoms with Crippen molar-refractivity contribution < 1.29 is 17.9 Å². The van der Waals surface area contributed by atoms with E-state index in [1.165, 1.54) is 0 Å². The Morgan fingerprint density at radius 1 is 0.839 bits per heavy atom. The number of ether oxygens (including phenoxy) is 1. The van der Waals surface area contributed by atoms with Crippen LogP contribution >= 0.6 is 0 Å². The van der Waals surface area contributed by atoms with Gasteiger partial charge in [0.15, 0.2) is 9.84 Å². The maximum Gasteiger partial charge on any atom is 0.410 e. The predicted octanol–water partition coefficient (Wildman–Crippen LogP) is 5.08. The molecule has 1 atom stereocenters. The highest BCUT2D eigenvalue weighted by Crippen LogP contribution is 2.17. The summed E-state index contributed by atoms with van der Waals surface area (Å²) in [7, 11) is -3.42. The monoisotopic (exact) mass is 437 g/mol. The number of carbonyl (C=O) groups is 1. The van der Waals surface area contributed by atoms with E-state index in [0.717, 1.165) is 11.1 Å². The molecular weight excluding hydrogens is 410 g/mol. The summed E-state index contributed by atoms with van der Waals surface area (Å²) in [5, 5.41) is 0. The second-order valence-electron chi connectivity index (χ2n) is 7.42. The number of benzene rings is 3. The van der Waals surface area contributed by atoms with Crippen LogP contribution in [0, 0.1) is 0 Å². The summed E-state index contributed by atoms with van der Waals surface area (Å²) in [5.74, 6) is -0.0462. The number of carbonyl (C=O) groups excluding carboxylic acids is 1. The normalized spacial score (nSPS) is 12.2. The van der Waals surface area contributed by atoms with Crippen molar-refractivity contribution in [1.29, 1.82) is 0 Å². The third kappa shape index (κ3) is 6.69. The zero-order valence-corrected chi connectivity index (χ0v) is 18.4. The lowest BCUT2D eigenvalue weighted by Gasteiger charge is -2.28. The van der Waals surface area contributed by atoms with Crippen LogP contribution in [0.15, 0.2) is 95.9 Å². The van der Waals surface area contributed by atoms with Gasteiger partial charge in [0.25, 0.3) is 0 Å². The highest BCUT2D eigenvalue weighted by molar-refractivity contribution is 7.91. The number of nitrogens with zero attached hydrogens (tertiary/aromatic N) is 1. The molecule has 0 N–H and O–H groups in total. The molecule has 0 aliphatic heterocycles. The molecule has 3 aromatic carbocycles. The zero-order chi connectivity index (χ0) is 22.1. The first-order valence-corrected chi connectivity index (χ1v) is 11.9. The van der Waals surface area contributed by atoms with Crippen LogP contribution in [0.3, 0.4) is 0 Å². The first-order chi connectivity index (χ1) is 15.0. The molecule has 0 aliphatic carbocycles. The largest absolute Gasteiger partial charge is 0.445 e. The van der Waals surface area contributed by atoms with Gasteiger partial charge in [-0.25, -0.2) is 13.2 Å². The molecule has 3 aromatic rings. The lowest BCUT2D eigenvalue weighted by molar-refractivity contribution is 0.0793. The van der Waals surface area contributed by atoms with E-state index in [1.807, 2.05) is 67.6 Å². The van der Waals surface area contributed by atoms with Crippen molar-refractivity contribution in [3.8, 4) is 0 Å². The molecule has 0 saturated carbocycles. The topological polar surface area (TPSA) is 63.7 Å². The molecule has 0 saturated heterocycles. The molecule has 0 aromatic heterocycles. The second kappa shape index (κ2) is 10.8. The molecule has 0 aliphatic rings. The molecule has 0 spiro atoms. The van der Waals surface area contributed by atoms with Crippen LogP contribution in [0.2, 0.25) is 0 Å². The van der Waals surface area contributed by atoms with Gasteiger partial charge in [-0.15, -0.1) is 0 Å². The number of sulfone groups is 1. The minimum Gasteiger partial charge on any atom is -0.445 e. The van der Waals surface area contributed by atoms with Gasteiger partial charge >= 0.3 is 6.09 Å². The van der Waals surface area contributed by atoms with E-state index in [1.54, 1.807) is 35.2 Å². The summed E-state index contributed by atoms with van der Waals surface area (Å²) in [6.07, 6.45) is -0.151. The van der Waals surface area contributed by atoms with Crippen LogP contribution in [0.1, 0.15) is 24.5 Å². The van der Waals surface area contributed by atoms with Gasteiger partial charge in [-0.3, -0.25) is 0 Å². The van der Waals surface area contributed by atoms with Gasteiger partial charge in [-0.1, -0.05) is 78.9 Å². The van der Waals surface area contributed by atoms with Gasteiger partial charge in [0.05, 0.1) is 10.6 Å². The van der Waals surface area contributed by atoms with Crippen LogP contribution in [0.25, 0.3) is 0 Å². The Bertz CT molecular complexity index is 1050.